The number of benzene rings is 3. The van der Waals surface area contributed by atoms with Crippen LogP contribution in [0.25, 0.3) is 22.3 Å². The Morgan fingerprint density at radius 2 is 1.71 bits per heavy atom. The third-order valence-electron chi connectivity index (χ3n) is 4.79. The Kier molecular flexibility index (Phi) is 6.29. The van der Waals surface area contributed by atoms with E-state index in [0.717, 1.165) is 27.7 Å². The summed E-state index contributed by atoms with van der Waals surface area (Å²) < 4.78 is 0. The molecule has 4 rings (SSSR count). The van der Waals surface area contributed by atoms with Gasteiger partial charge < -0.3 is 16.0 Å². The van der Waals surface area contributed by atoms with E-state index in [1.165, 1.54) is 0 Å². The molecule has 2 amide bonds. The van der Waals surface area contributed by atoms with Gasteiger partial charge in [0.1, 0.15) is 5.82 Å². The minimum absolute atomic E-state index is 0.250. The van der Waals surface area contributed by atoms with E-state index in [0.29, 0.717) is 29.8 Å². The van der Waals surface area contributed by atoms with Gasteiger partial charge in [-0.05, 0) is 36.8 Å². The van der Waals surface area contributed by atoms with Crippen molar-refractivity contribution in [2.24, 2.45) is 0 Å². The maximum Gasteiger partial charge on any atom is 0.319 e. The van der Waals surface area contributed by atoms with Crippen molar-refractivity contribution in [3.8, 4) is 11.4 Å². The van der Waals surface area contributed by atoms with Gasteiger partial charge in [-0.25, -0.2) is 14.8 Å². The zero-order chi connectivity index (χ0) is 21.6. The SMILES string of the molecule is Cc1ccccc1NC(=O)NCCNc1nc(-c2ccccc2)nc2cc(Cl)ccc12. The molecule has 1 aromatic heterocycles. The average Bonchev–Trinajstić information content (AvgIpc) is 2.78. The molecule has 0 aliphatic carbocycles. The van der Waals surface area contributed by atoms with Gasteiger partial charge in [0.05, 0.1) is 5.52 Å². The second-order valence-electron chi connectivity index (χ2n) is 7.05. The molecule has 31 heavy (non-hydrogen) atoms. The smallest absolute Gasteiger partial charge is 0.319 e. The summed E-state index contributed by atoms with van der Waals surface area (Å²) in [5, 5.41) is 10.5. The lowest BCUT2D eigenvalue weighted by Gasteiger charge is -2.13. The van der Waals surface area contributed by atoms with Crippen LogP contribution in [0.4, 0.5) is 16.3 Å². The van der Waals surface area contributed by atoms with Gasteiger partial charge in [0.15, 0.2) is 5.82 Å². The highest BCUT2D eigenvalue weighted by atomic mass is 35.5. The van der Waals surface area contributed by atoms with Crippen LogP contribution in [0.3, 0.4) is 0 Å². The molecule has 0 aliphatic rings. The van der Waals surface area contributed by atoms with E-state index >= 15 is 0 Å². The van der Waals surface area contributed by atoms with Gasteiger partial charge >= 0.3 is 6.03 Å². The summed E-state index contributed by atoms with van der Waals surface area (Å²) in [6, 6.07) is 22.7. The normalized spacial score (nSPS) is 10.6. The van der Waals surface area contributed by atoms with E-state index < -0.39 is 0 Å². The molecule has 0 atom stereocenters. The van der Waals surface area contributed by atoms with Gasteiger partial charge in [0, 0.05) is 34.7 Å². The number of para-hydroxylation sites is 1. The number of aromatic nitrogens is 2. The van der Waals surface area contributed by atoms with E-state index in [1.807, 2.05) is 79.7 Å². The molecule has 156 valence electrons. The molecule has 3 N–H and O–H groups in total. The van der Waals surface area contributed by atoms with Crippen molar-refractivity contribution >= 4 is 40.0 Å². The van der Waals surface area contributed by atoms with Gasteiger partial charge in [-0.1, -0.05) is 60.1 Å². The zero-order valence-electron chi connectivity index (χ0n) is 17.0. The average molecular weight is 432 g/mol. The number of nitrogens with zero attached hydrogens (tertiary/aromatic N) is 2. The molecule has 6 nitrogen and oxygen atoms in total. The van der Waals surface area contributed by atoms with E-state index in [4.69, 9.17) is 16.6 Å². The Balaban J connectivity index is 1.45. The van der Waals surface area contributed by atoms with Crippen LogP contribution < -0.4 is 16.0 Å². The fourth-order valence-electron chi connectivity index (χ4n) is 3.19. The predicted molar refractivity (Wildman–Crippen MR) is 127 cm³/mol. The van der Waals surface area contributed by atoms with Crippen LogP contribution in [0.1, 0.15) is 5.56 Å². The number of carbonyl (C=O) groups excluding carboxylic acids is 1. The predicted octanol–water partition coefficient (Wildman–Crippen LogP) is 5.49. The summed E-state index contributed by atoms with van der Waals surface area (Å²) in [6.45, 7) is 2.88. The van der Waals surface area contributed by atoms with E-state index in [2.05, 4.69) is 20.9 Å². The second kappa shape index (κ2) is 9.45. The number of rotatable bonds is 6. The molecule has 3 aromatic carbocycles. The number of amides is 2. The topological polar surface area (TPSA) is 78.9 Å². The number of aryl methyl sites for hydroxylation is 1. The van der Waals surface area contributed by atoms with Gasteiger partial charge in [-0.2, -0.15) is 0 Å². The summed E-state index contributed by atoms with van der Waals surface area (Å²) in [7, 11) is 0. The molecule has 0 fully saturated rings. The minimum Gasteiger partial charge on any atom is -0.368 e. The van der Waals surface area contributed by atoms with Crippen molar-refractivity contribution in [1.29, 1.82) is 0 Å². The van der Waals surface area contributed by atoms with E-state index in [9.17, 15) is 4.79 Å². The highest BCUT2D eigenvalue weighted by Gasteiger charge is 2.10. The van der Waals surface area contributed by atoms with Gasteiger partial charge in [0.2, 0.25) is 0 Å². The quantitative estimate of drug-likeness (QED) is 0.352. The number of nitrogens with one attached hydrogen (secondary N) is 3. The molecular weight excluding hydrogens is 410 g/mol. The molecule has 0 aliphatic heterocycles. The lowest BCUT2D eigenvalue weighted by Crippen LogP contribution is -2.33. The molecule has 0 radical (unpaired) electrons. The third kappa shape index (κ3) is 5.10. The summed E-state index contributed by atoms with van der Waals surface area (Å²) >= 11 is 6.17. The largest absolute Gasteiger partial charge is 0.368 e. The fraction of sp³-hybridized carbons (Fsp3) is 0.125. The van der Waals surface area contributed by atoms with E-state index in [-0.39, 0.29) is 6.03 Å². The molecule has 7 heteroatoms. The Bertz CT molecular complexity index is 1210. The lowest BCUT2D eigenvalue weighted by atomic mass is 10.2. The minimum atomic E-state index is -0.250. The fourth-order valence-corrected chi connectivity index (χ4v) is 3.36. The first-order valence-electron chi connectivity index (χ1n) is 9.97. The number of fused-ring (bicyclic) bond motifs is 1. The lowest BCUT2D eigenvalue weighted by molar-refractivity contribution is 0.252. The van der Waals surface area contributed by atoms with Crippen LogP contribution in [0, 0.1) is 6.92 Å². The Hall–Kier alpha value is -3.64. The van der Waals surface area contributed by atoms with Crippen molar-refractivity contribution in [1.82, 2.24) is 15.3 Å². The summed E-state index contributed by atoms with van der Waals surface area (Å²) in [4.78, 5) is 21.5. The Morgan fingerprint density at radius 3 is 2.52 bits per heavy atom. The summed E-state index contributed by atoms with van der Waals surface area (Å²) in [6.07, 6.45) is 0. The number of urea groups is 1. The summed E-state index contributed by atoms with van der Waals surface area (Å²) in [5.41, 5.74) is 3.48. The van der Waals surface area contributed by atoms with Crippen molar-refractivity contribution in [2.45, 2.75) is 6.92 Å². The Labute approximate surface area is 185 Å². The first-order chi connectivity index (χ1) is 15.1. The standard InChI is InChI=1S/C24H22ClN5O/c1-16-7-5-6-10-20(16)29-24(31)27-14-13-26-23-19-12-11-18(25)15-21(19)28-22(30-23)17-8-3-2-4-9-17/h2-12,15H,13-14H2,1H3,(H,26,28,30)(H2,27,29,31). The zero-order valence-corrected chi connectivity index (χ0v) is 17.8. The number of carbonyl (C=O) groups is 1. The molecule has 4 aromatic rings. The van der Waals surface area contributed by atoms with Crippen LogP contribution in [0.15, 0.2) is 72.8 Å². The van der Waals surface area contributed by atoms with Crippen LogP contribution in [0.2, 0.25) is 5.02 Å². The molecule has 0 saturated heterocycles. The molecule has 0 saturated carbocycles. The highest BCUT2D eigenvalue weighted by molar-refractivity contribution is 6.31. The Morgan fingerprint density at radius 1 is 0.935 bits per heavy atom. The van der Waals surface area contributed by atoms with Gasteiger partial charge in [0.25, 0.3) is 0 Å². The van der Waals surface area contributed by atoms with E-state index in [1.54, 1.807) is 0 Å². The maximum absolute atomic E-state index is 12.2. The summed E-state index contributed by atoms with van der Waals surface area (Å²) in [5.74, 6) is 1.31. The van der Waals surface area contributed by atoms with Crippen molar-refractivity contribution in [2.75, 3.05) is 23.7 Å². The molecule has 0 spiro atoms. The molecule has 0 unspecified atom stereocenters. The number of hydrogen-bond donors (Lipinski definition) is 3. The number of anilines is 2. The van der Waals surface area contributed by atoms with Crippen LogP contribution >= 0.6 is 11.6 Å². The highest BCUT2D eigenvalue weighted by Crippen LogP contribution is 2.27. The van der Waals surface area contributed by atoms with Crippen molar-refractivity contribution in [3.63, 3.8) is 0 Å². The maximum atomic E-state index is 12.2. The van der Waals surface area contributed by atoms with Crippen molar-refractivity contribution in [3.05, 3.63) is 83.4 Å². The van der Waals surface area contributed by atoms with Crippen LogP contribution in [0.5, 0.6) is 0 Å². The monoisotopic (exact) mass is 431 g/mol. The van der Waals surface area contributed by atoms with Crippen LogP contribution in [-0.2, 0) is 0 Å². The van der Waals surface area contributed by atoms with Gasteiger partial charge in [-0.15, -0.1) is 0 Å². The molecular formula is C24H22ClN5O. The van der Waals surface area contributed by atoms with Crippen LogP contribution in [-0.4, -0.2) is 29.1 Å². The molecule has 0 bridgehead atoms. The van der Waals surface area contributed by atoms with Crippen molar-refractivity contribution < 1.29 is 4.79 Å². The third-order valence-corrected chi connectivity index (χ3v) is 5.02. The first kappa shape index (κ1) is 20.6. The number of halogens is 1. The first-order valence-corrected chi connectivity index (χ1v) is 10.3. The van der Waals surface area contributed by atoms with Gasteiger partial charge in [-0.3, -0.25) is 0 Å². The molecule has 1 heterocycles. The second-order valence-corrected chi connectivity index (χ2v) is 7.48. The number of hydrogen-bond acceptors (Lipinski definition) is 4.